The highest BCUT2D eigenvalue weighted by Crippen LogP contribution is 2.23. The first-order chi connectivity index (χ1) is 12.9. The summed E-state index contributed by atoms with van der Waals surface area (Å²) in [4.78, 5) is 11.9. The molecule has 1 atom stereocenters. The molecule has 1 saturated heterocycles. The number of sulfone groups is 1. The molecule has 1 heterocycles. The van der Waals surface area contributed by atoms with E-state index in [1.54, 1.807) is 30.3 Å². The molecule has 0 unspecified atom stereocenters. The first-order valence-corrected chi connectivity index (χ1v) is 10.7. The summed E-state index contributed by atoms with van der Waals surface area (Å²) in [6, 6.07) is 14.3. The average molecular weight is 407 g/mol. The van der Waals surface area contributed by atoms with Crippen molar-refractivity contribution < 1.29 is 17.9 Å². The maximum Gasteiger partial charge on any atom is 0.240 e. The Morgan fingerprint density at radius 3 is 2.70 bits per heavy atom. The van der Waals surface area contributed by atoms with Gasteiger partial charge in [0.1, 0.15) is 11.5 Å². The topological polar surface area (TPSA) is 84.8 Å². The lowest BCUT2D eigenvalue weighted by Crippen LogP contribution is -2.21. The highest BCUT2D eigenvalue weighted by atomic mass is 35.5. The van der Waals surface area contributed by atoms with Gasteiger partial charge in [-0.15, -0.1) is 0 Å². The van der Waals surface area contributed by atoms with Crippen LogP contribution in [0.4, 0.5) is 0 Å². The maximum absolute atomic E-state index is 11.9. The zero-order valence-electron chi connectivity index (χ0n) is 14.5. The molecule has 142 valence electrons. The number of nitrogens with one attached hydrogen (secondary N) is 1. The van der Waals surface area contributed by atoms with Crippen LogP contribution in [0.3, 0.4) is 0 Å². The molecule has 1 aliphatic rings. The van der Waals surface area contributed by atoms with E-state index in [9.17, 15) is 13.2 Å². The molecular weight excluding hydrogens is 388 g/mol. The van der Waals surface area contributed by atoms with Crippen LogP contribution < -0.4 is 10.2 Å². The first kappa shape index (κ1) is 19.4. The predicted octanol–water partition coefficient (Wildman–Crippen LogP) is 3.41. The molecular formula is C19H19ClN2O4S. The second kappa shape index (κ2) is 8.54. The number of benzene rings is 2. The molecule has 1 amide bonds. The van der Waals surface area contributed by atoms with Crippen LogP contribution in [0, 0.1) is 5.92 Å². The minimum Gasteiger partial charge on any atom is -0.457 e. The first-order valence-electron chi connectivity index (χ1n) is 8.45. The van der Waals surface area contributed by atoms with Crippen molar-refractivity contribution >= 4 is 33.6 Å². The Kier molecular flexibility index (Phi) is 6.13. The summed E-state index contributed by atoms with van der Waals surface area (Å²) >= 11 is 5.85. The van der Waals surface area contributed by atoms with Crippen molar-refractivity contribution in [3.63, 3.8) is 0 Å². The van der Waals surface area contributed by atoms with Gasteiger partial charge in [0, 0.05) is 11.4 Å². The van der Waals surface area contributed by atoms with Crippen LogP contribution in [0.2, 0.25) is 5.02 Å². The molecule has 0 bridgehead atoms. The molecule has 0 spiro atoms. The maximum atomic E-state index is 11.9. The number of halogens is 1. The number of nitrogens with zero attached hydrogens (tertiary/aromatic N) is 1. The van der Waals surface area contributed by atoms with Crippen molar-refractivity contribution in [2.75, 3.05) is 11.5 Å². The fourth-order valence-corrected chi connectivity index (χ4v) is 4.80. The van der Waals surface area contributed by atoms with E-state index in [0.29, 0.717) is 22.9 Å². The van der Waals surface area contributed by atoms with Gasteiger partial charge in [-0.05, 0) is 54.3 Å². The molecule has 1 fully saturated rings. The smallest absolute Gasteiger partial charge is 0.240 e. The van der Waals surface area contributed by atoms with Crippen molar-refractivity contribution in [1.29, 1.82) is 0 Å². The van der Waals surface area contributed by atoms with Crippen LogP contribution >= 0.6 is 11.6 Å². The van der Waals surface area contributed by atoms with Crippen molar-refractivity contribution in [2.24, 2.45) is 11.0 Å². The zero-order chi connectivity index (χ0) is 19.3. The average Bonchev–Trinajstić information content (AvgIpc) is 2.96. The normalized spacial score (nSPS) is 18.5. The molecule has 1 N–H and O–H groups in total. The summed E-state index contributed by atoms with van der Waals surface area (Å²) in [5.41, 5.74) is 3.20. The Labute approximate surface area is 163 Å². The van der Waals surface area contributed by atoms with E-state index in [1.165, 1.54) is 6.21 Å². The molecule has 1 aliphatic heterocycles. The van der Waals surface area contributed by atoms with E-state index < -0.39 is 9.84 Å². The van der Waals surface area contributed by atoms with Crippen LogP contribution in [0.1, 0.15) is 18.4 Å². The van der Waals surface area contributed by atoms with E-state index in [4.69, 9.17) is 16.3 Å². The monoisotopic (exact) mass is 406 g/mol. The van der Waals surface area contributed by atoms with E-state index in [1.807, 2.05) is 18.2 Å². The fraction of sp³-hybridized carbons (Fsp3) is 0.263. The van der Waals surface area contributed by atoms with E-state index in [2.05, 4.69) is 10.5 Å². The van der Waals surface area contributed by atoms with Gasteiger partial charge in [-0.1, -0.05) is 23.7 Å². The molecule has 2 aromatic carbocycles. The third-order valence-electron chi connectivity index (χ3n) is 4.11. The number of amides is 1. The second-order valence-corrected chi connectivity index (χ2v) is 9.06. The Morgan fingerprint density at radius 2 is 2.00 bits per heavy atom. The molecule has 8 heteroatoms. The standard InChI is InChI=1S/C19H19ClN2O4S/c20-16-4-6-17(7-5-16)26-18-3-1-2-14(10-18)12-21-22-19(23)11-15-8-9-27(24,25)13-15/h1-7,10,12,15H,8-9,11,13H2,(H,22,23)/b21-12-/t15-/m1/s1. The number of hydrazone groups is 1. The van der Waals surface area contributed by atoms with Crippen LogP contribution in [-0.2, 0) is 14.6 Å². The minimum absolute atomic E-state index is 0.0776. The Bertz CT molecular complexity index is 942. The third-order valence-corrected chi connectivity index (χ3v) is 6.20. The van der Waals surface area contributed by atoms with Crippen molar-refractivity contribution in [1.82, 2.24) is 5.43 Å². The molecule has 2 aromatic rings. The number of carbonyl (C=O) groups is 1. The van der Waals surface area contributed by atoms with Crippen molar-refractivity contribution in [2.45, 2.75) is 12.8 Å². The number of hydrogen-bond acceptors (Lipinski definition) is 5. The molecule has 0 aromatic heterocycles. The molecule has 0 aliphatic carbocycles. The summed E-state index contributed by atoms with van der Waals surface area (Å²) in [5, 5.41) is 4.57. The van der Waals surface area contributed by atoms with Gasteiger partial charge in [-0.3, -0.25) is 4.79 Å². The van der Waals surface area contributed by atoms with Gasteiger partial charge in [0.15, 0.2) is 9.84 Å². The van der Waals surface area contributed by atoms with Crippen LogP contribution in [0.25, 0.3) is 0 Å². The lowest BCUT2D eigenvalue weighted by Gasteiger charge is -2.07. The van der Waals surface area contributed by atoms with Crippen LogP contribution in [0.15, 0.2) is 53.6 Å². The lowest BCUT2D eigenvalue weighted by molar-refractivity contribution is -0.121. The highest BCUT2D eigenvalue weighted by Gasteiger charge is 2.29. The largest absolute Gasteiger partial charge is 0.457 e. The predicted molar refractivity (Wildman–Crippen MR) is 105 cm³/mol. The van der Waals surface area contributed by atoms with Crippen molar-refractivity contribution in [3.8, 4) is 11.5 Å². The second-order valence-electron chi connectivity index (χ2n) is 6.39. The number of ether oxygens (including phenoxy) is 1. The van der Waals surface area contributed by atoms with Gasteiger partial charge < -0.3 is 4.74 Å². The van der Waals surface area contributed by atoms with Gasteiger partial charge in [-0.2, -0.15) is 5.10 Å². The summed E-state index contributed by atoms with van der Waals surface area (Å²) < 4.78 is 28.6. The third kappa shape index (κ3) is 6.08. The summed E-state index contributed by atoms with van der Waals surface area (Å²) in [7, 11) is -2.98. The van der Waals surface area contributed by atoms with E-state index in [0.717, 1.165) is 5.56 Å². The number of carbonyl (C=O) groups excluding carboxylic acids is 1. The molecule has 6 nitrogen and oxygen atoms in total. The summed E-state index contributed by atoms with van der Waals surface area (Å²) in [5.74, 6) is 1.11. The quantitative estimate of drug-likeness (QED) is 0.588. The minimum atomic E-state index is -2.98. The van der Waals surface area contributed by atoms with Crippen LogP contribution in [0.5, 0.6) is 11.5 Å². The Hall–Kier alpha value is -2.38. The zero-order valence-corrected chi connectivity index (χ0v) is 16.0. The summed E-state index contributed by atoms with van der Waals surface area (Å²) in [6.45, 7) is 0. The Morgan fingerprint density at radius 1 is 1.22 bits per heavy atom. The molecule has 3 rings (SSSR count). The molecule has 0 radical (unpaired) electrons. The van der Waals surface area contributed by atoms with Crippen molar-refractivity contribution in [3.05, 3.63) is 59.1 Å². The number of rotatable bonds is 6. The Balaban J connectivity index is 1.52. The lowest BCUT2D eigenvalue weighted by atomic mass is 10.1. The van der Waals surface area contributed by atoms with E-state index in [-0.39, 0.29) is 29.8 Å². The summed E-state index contributed by atoms with van der Waals surface area (Å²) in [6.07, 6.45) is 2.21. The fourth-order valence-electron chi connectivity index (χ4n) is 2.82. The van der Waals surface area contributed by atoms with Gasteiger partial charge in [0.05, 0.1) is 17.7 Å². The van der Waals surface area contributed by atoms with Gasteiger partial charge in [0.2, 0.25) is 5.91 Å². The van der Waals surface area contributed by atoms with Gasteiger partial charge in [-0.25, -0.2) is 13.8 Å². The van der Waals surface area contributed by atoms with Gasteiger partial charge in [0.25, 0.3) is 0 Å². The van der Waals surface area contributed by atoms with Crippen LogP contribution in [-0.4, -0.2) is 32.0 Å². The number of hydrogen-bond donors (Lipinski definition) is 1. The van der Waals surface area contributed by atoms with Gasteiger partial charge >= 0.3 is 0 Å². The van der Waals surface area contributed by atoms with E-state index >= 15 is 0 Å². The molecule has 0 saturated carbocycles. The highest BCUT2D eigenvalue weighted by molar-refractivity contribution is 7.91. The SMILES string of the molecule is O=C(C[C@H]1CCS(=O)(=O)C1)N/N=C\c1cccc(Oc2ccc(Cl)cc2)c1. The molecule has 27 heavy (non-hydrogen) atoms.